The standard InChI is InChI=1S/C21H15ClF3N3O2S/c1-29-18-6-3-12(7-19(18)30-2)17-11-31-20(28-17)13(9-26)10-27-16-8-14(21(23,24)25)4-5-15(16)22/h3-8,10-11,27H,1-2H3. The Bertz CT molecular complexity index is 1170. The van der Waals surface area contributed by atoms with Crippen molar-refractivity contribution in [1.29, 1.82) is 5.26 Å². The molecular formula is C21H15ClF3N3O2S. The molecule has 3 rings (SSSR count). The number of allylic oxidation sites excluding steroid dienone is 1. The van der Waals surface area contributed by atoms with E-state index in [1.165, 1.54) is 31.8 Å². The number of methoxy groups -OCH3 is 2. The first-order valence-electron chi connectivity index (χ1n) is 8.68. The van der Waals surface area contributed by atoms with E-state index in [4.69, 9.17) is 21.1 Å². The van der Waals surface area contributed by atoms with Crippen molar-refractivity contribution in [3.8, 4) is 28.8 Å². The number of benzene rings is 2. The van der Waals surface area contributed by atoms with Gasteiger partial charge in [-0.05, 0) is 36.4 Å². The topological polar surface area (TPSA) is 67.2 Å². The number of anilines is 1. The Balaban J connectivity index is 1.87. The van der Waals surface area contributed by atoms with Crippen molar-refractivity contribution in [3.05, 3.63) is 63.6 Å². The number of halogens is 4. The van der Waals surface area contributed by atoms with Gasteiger partial charge in [-0.3, -0.25) is 0 Å². The molecule has 10 heteroatoms. The summed E-state index contributed by atoms with van der Waals surface area (Å²) in [6.07, 6.45) is -3.23. The van der Waals surface area contributed by atoms with E-state index in [1.54, 1.807) is 23.6 Å². The van der Waals surface area contributed by atoms with E-state index in [0.29, 0.717) is 22.2 Å². The van der Waals surface area contributed by atoms with Gasteiger partial charge < -0.3 is 14.8 Å². The summed E-state index contributed by atoms with van der Waals surface area (Å²) in [7, 11) is 3.06. The van der Waals surface area contributed by atoms with Crippen molar-refractivity contribution >= 4 is 34.2 Å². The normalized spacial score (nSPS) is 11.7. The van der Waals surface area contributed by atoms with Crippen LogP contribution in [-0.4, -0.2) is 19.2 Å². The number of rotatable bonds is 6. The summed E-state index contributed by atoms with van der Waals surface area (Å²) in [6, 6.07) is 10.2. The minimum Gasteiger partial charge on any atom is -0.493 e. The van der Waals surface area contributed by atoms with E-state index in [-0.39, 0.29) is 16.3 Å². The second-order valence-corrected chi connectivity index (χ2v) is 7.38. The molecule has 0 aliphatic rings. The fraction of sp³-hybridized carbons (Fsp3) is 0.143. The van der Waals surface area contributed by atoms with Gasteiger partial charge >= 0.3 is 6.18 Å². The minimum atomic E-state index is -4.51. The highest BCUT2D eigenvalue weighted by Crippen LogP contribution is 2.35. The van der Waals surface area contributed by atoms with Crippen molar-refractivity contribution in [3.63, 3.8) is 0 Å². The van der Waals surface area contributed by atoms with Gasteiger partial charge in [0.2, 0.25) is 0 Å². The largest absolute Gasteiger partial charge is 0.493 e. The highest BCUT2D eigenvalue weighted by atomic mass is 35.5. The number of nitriles is 1. The maximum absolute atomic E-state index is 12.9. The predicted molar refractivity (Wildman–Crippen MR) is 114 cm³/mol. The number of thiazole rings is 1. The minimum absolute atomic E-state index is 0.0286. The van der Waals surface area contributed by atoms with Crippen LogP contribution in [0.1, 0.15) is 10.6 Å². The van der Waals surface area contributed by atoms with Crippen molar-refractivity contribution in [2.45, 2.75) is 6.18 Å². The second kappa shape index (κ2) is 9.29. The zero-order chi connectivity index (χ0) is 22.6. The van der Waals surface area contributed by atoms with Crippen LogP contribution in [-0.2, 0) is 6.18 Å². The van der Waals surface area contributed by atoms with Gasteiger partial charge in [0.15, 0.2) is 11.5 Å². The molecule has 0 radical (unpaired) electrons. The van der Waals surface area contributed by atoms with E-state index in [2.05, 4.69) is 10.3 Å². The molecule has 1 aromatic heterocycles. The summed E-state index contributed by atoms with van der Waals surface area (Å²) >= 11 is 7.20. The molecule has 160 valence electrons. The predicted octanol–water partition coefficient (Wildman–Crippen LogP) is 6.48. The molecule has 0 saturated carbocycles. The van der Waals surface area contributed by atoms with E-state index in [1.807, 2.05) is 6.07 Å². The van der Waals surface area contributed by atoms with Crippen molar-refractivity contribution < 1.29 is 22.6 Å². The fourth-order valence-electron chi connectivity index (χ4n) is 2.63. The summed E-state index contributed by atoms with van der Waals surface area (Å²) in [5.74, 6) is 1.10. The molecule has 0 bridgehead atoms. The van der Waals surface area contributed by atoms with Gasteiger partial charge in [-0.1, -0.05) is 11.6 Å². The highest BCUT2D eigenvalue weighted by Gasteiger charge is 2.30. The quantitative estimate of drug-likeness (QED) is 0.422. The molecule has 0 spiro atoms. The third-order valence-corrected chi connectivity index (χ3v) is 5.41. The Kier molecular flexibility index (Phi) is 6.73. The number of hydrogen-bond donors (Lipinski definition) is 1. The Hall–Kier alpha value is -3.22. The average molecular weight is 466 g/mol. The maximum atomic E-state index is 12.9. The van der Waals surface area contributed by atoms with Crippen molar-refractivity contribution in [2.75, 3.05) is 19.5 Å². The van der Waals surface area contributed by atoms with Crippen LogP contribution in [0.5, 0.6) is 11.5 Å². The number of hydrogen-bond acceptors (Lipinski definition) is 6. The second-order valence-electron chi connectivity index (χ2n) is 6.11. The summed E-state index contributed by atoms with van der Waals surface area (Å²) in [4.78, 5) is 4.45. The SMILES string of the molecule is COc1ccc(-c2csc(C(C#N)=CNc3cc(C(F)(F)F)ccc3Cl)n2)cc1OC. The molecule has 1 N–H and O–H groups in total. The summed E-state index contributed by atoms with van der Waals surface area (Å²) < 4.78 is 49.3. The third-order valence-electron chi connectivity index (χ3n) is 4.20. The first-order valence-corrected chi connectivity index (χ1v) is 9.94. The van der Waals surface area contributed by atoms with Crippen LogP contribution in [0.4, 0.5) is 18.9 Å². The maximum Gasteiger partial charge on any atom is 0.416 e. The van der Waals surface area contributed by atoms with Gasteiger partial charge in [0, 0.05) is 17.1 Å². The number of ether oxygens (including phenoxy) is 2. The van der Waals surface area contributed by atoms with Gasteiger partial charge in [0.05, 0.1) is 36.2 Å². The van der Waals surface area contributed by atoms with Crippen LogP contribution in [0.3, 0.4) is 0 Å². The lowest BCUT2D eigenvalue weighted by Crippen LogP contribution is -2.05. The highest BCUT2D eigenvalue weighted by molar-refractivity contribution is 7.11. The van der Waals surface area contributed by atoms with E-state index < -0.39 is 11.7 Å². The number of nitrogens with one attached hydrogen (secondary N) is 1. The van der Waals surface area contributed by atoms with Gasteiger partial charge in [-0.2, -0.15) is 18.4 Å². The summed E-state index contributed by atoms with van der Waals surface area (Å²) in [5, 5.41) is 14.4. The molecule has 1 heterocycles. The first kappa shape index (κ1) is 22.5. The van der Waals surface area contributed by atoms with Crippen LogP contribution >= 0.6 is 22.9 Å². The zero-order valence-electron chi connectivity index (χ0n) is 16.2. The molecule has 0 aliphatic carbocycles. The third kappa shape index (κ3) is 5.10. The average Bonchev–Trinajstić information content (AvgIpc) is 3.24. The lowest BCUT2D eigenvalue weighted by molar-refractivity contribution is -0.137. The van der Waals surface area contributed by atoms with Crippen LogP contribution < -0.4 is 14.8 Å². The van der Waals surface area contributed by atoms with Crippen LogP contribution in [0.2, 0.25) is 5.02 Å². The lowest BCUT2D eigenvalue weighted by Gasteiger charge is -2.10. The van der Waals surface area contributed by atoms with Crippen LogP contribution in [0.25, 0.3) is 16.8 Å². The monoisotopic (exact) mass is 465 g/mol. The molecule has 0 amide bonds. The Morgan fingerprint density at radius 1 is 1.16 bits per heavy atom. The van der Waals surface area contributed by atoms with Gasteiger partial charge in [-0.15, -0.1) is 11.3 Å². The van der Waals surface area contributed by atoms with Crippen molar-refractivity contribution in [1.82, 2.24) is 4.98 Å². The number of nitrogens with zero attached hydrogens (tertiary/aromatic N) is 2. The molecule has 2 aromatic carbocycles. The Labute approximate surface area is 185 Å². The number of alkyl halides is 3. The van der Waals surface area contributed by atoms with Gasteiger partial charge in [0.1, 0.15) is 16.6 Å². The molecule has 3 aromatic rings. The van der Waals surface area contributed by atoms with Crippen LogP contribution in [0.15, 0.2) is 48.0 Å². The molecule has 31 heavy (non-hydrogen) atoms. The van der Waals surface area contributed by atoms with Gasteiger partial charge in [0.25, 0.3) is 0 Å². The summed E-state index contributed by atoms with van der Waals surface area (Å²) in [6.45, 7) is 0. The molecule has 0 aliphatic heterocycles. The first-order chi connectivity index (χ1) is 14.8. The zero-order valence-corrected chi connectivity index (χ0v) is 17.8. The van der Waals surface area contributed by atoms with E-state index in [9.17, 15) is 18.4 Å². The number of aromatic nitrogens is 1. The van der Waals surface area contributed by atoms with E-state index >= 15 is 0 Å². The van der Waals surface area contributed by atoms with Crippen LogP contribution in [0, 0.1) is 11.3 Å². The molecule has 0 fully saturated rings. The fourth-order valence-corrected chi connectivity index (χ4v) is 3.60. The molecule has 0 atom stereocenters. The van der Waals surface area contributed by atoms with E-state index in [0.717, 1.165) is 23.8 Å². The molecule has 5 nitrogen and oxygen atoms in total. The molecule has 0 unspecified atom stereocenters. The Morgan fingerprint density at radius 2 is 1.90 bits per heavy atom. The van der Waals surface area contributed by atoms with Gasteiger partial charge in [-0.25, -0.2) is 4.98 Å². The smallest absolute Gasteiger partial charge is 0.416 e. The molecule has 0 saturated heterocycles. The summed E-state index contributed by atoms with van der Waals surface area (Å²) in [5.41, 5.74) is 0.688. The Morgan fingerprint density at radius 3 is 2.55 bits per heavy atom. The molecular weight excluding hydrogens is 451 g/mol. The lowest BCUT2D eigenvalue weighted by atomic mass is 10.1. The van der Waals surface area contributed by atoms with Crippen molar-refractivity contribution in [2.24, 2.45) is 0 Å².